The standard InChI is InChI=1S/C56H39N/c1-3-15-41(16-4-1)52-38-33-46(39-55(52)54-27-14-22-43-20-8-10-24-51(43)54)40-29-34-47(35-30-40)57(56-28-12-11-25-53(56)44-17-5-2-6-18-44)48-36-31-45(32-37-48)50-26-13-21-42-19-7-9-23-49(42)50/h1-39H. The van der Waals surface area contributed by atoms with Crippen LogP contribution in [0.1, 0.15) is 0 Å². The maximum absolute atomic E-state index is 2.39. The summed E-state index contributed by atoms with van der Waals surface area (Å²) in [6, 6.07) is 85.6. The average Bonchev–Trinajstić information content (AvgIpc) is 3.30. The fourth-order valence-electron chi connectivity index (χ4n) is 8.30. The molecule has 0 aromatic heterocycles. The first-order valence-electron chi connectivity index (χ1n) is 19.6. The Morgan fingerprint density at radius 1 is 0.228 bits per heavy atom. The number of rotatable bonds is 8. The van der Waals surface area contributed by atoms with E-state index in [4.69, 9.17) is 0 Å². The Kier molecular flexibility index (Phi) is 8.95. The van der Waals surface area contributed by atoms with Crippen LogP contribution in [0, 0.1) is 0 Å². The lowest BCUT2D eigenvalue weighted by Gasteiger charge is -2.28. The minimum Gasteiger partial charge on any atom is -0.310 e. The van der Waals surface area contributed by atoms with Gasteiger partial charge in [0.2, 0.25) is 0 Å². The van der Waals surface area contributed by atoms with Gasteiger partial charge in [-0.05, 0) is 108 Å². The Bertz CT molecular complexity index is 2970. The molecule has 1 nitrogen and oxygen atoms in total. The van der Waals surface area contributed by atoms with Crippen LogP contribution < -0.4 is 4.90 Å². The van der Waals surface area contributed by atoms with Crippen LogP contribution in [0.25, 0.3) is 77.2 Å². The summed E-state index contributed by atoms with van der Waals surface area (Å²) in [6.45, 7) is 0. The Labute approximate surface area is 334 Å². The van der Waals surface area contributed by atoms with Crippen LogP contribution >= 0.6 is 0 Å². The van der Waals surface area contributed by atoms with E-state index >= 15 is 0 Å². The van der Waals surface area contributed by atoms with E-state index in [0.717, 1.165) is 17.1 Å². The summed E-state index contributed by atoms with van der Waals surface area (Å²) in [6.07, 6.45) is 0. The van der Waals surface area contributed by atoms with Crippen LogP contribution in [0.2, 0.25) is 0 Å². The lowest BCUT2D eigenvalue weighted by atomic mass is 9.89. The molecule has 10 rings (SSSR count). The molecule has 268 valence electrons. The van der Waals surface area contributed by atoms with Crippen molar-refractivity contribution in [1.82, 2.24) is 0 Å². The van der Waals surface area contributed by atoms with Crippen LogP contribution in [-0.2, 0) is 0 Å². The zero-order valence-corrected chi connectivity index (χ0v) is 31.5. The second-order valence-corrected chi connectivity index (χ2v) is 14.5. The number of para-hydroxylation sites is 1. The monoisotopic (exact) mass is 725 g/mol. The number of hydrogen-bond donors (Lipinski definition) is 0. The zero-order valence-electron chi connectivity index (χ0n) is 31.5. The fourth-order valence-corrected chi connectivity index (χ4v) is 8.30. The summed E-state index contributed by atoms with van der Waals surface area (Å²) < 4.78 is 0. The van der Waals surface area contributed by atoms with E-state index in [1.807, 2.05) is 0 Å². The smallest absolute Gasteiger partial charge is 0.0540 e. The van der Waals surface area contributed by atoms with Gasteiger partial charge in [0.25, 0.3) is 0 Å². The average molecular weight is 726 g/mol. The summed E-state index contributed by atoms with van der Waals surface area (Å²) in [5.41, 5.74) is 15.4. The molecule has 0 saturated heterocycles. The highest BCUT2D eigenvalue weighted by molar-refractivity contribution is 6.02. The van der Waals surface area contributed by atoms with E-state index in [-0.39, 0.29) is 0 Å². The van der Waals surface area contributed by atoms with E-state index in [0.29, 0.717) is 0 Å². The van der Waals surface area contributed by atoms with Crippen molar-refractivity contribution in [3.63, 3.8) is 0 Å². The predicted molar refractivity (Wildman–Crippen MR) is 243 cm³/mol. The first-order chi connectivity index (χ1) is 28.3. The van der Waals surface area contributed by atoms with Gasteiger partial charge in [-0.2, -0.15) is 0 Å². The van der Waals surface area contributed by atoms with Crippen molar-refractivity contribution in [1.29, 1.82) is 0 Å². The molecule has 0 saturated carbocycles. The van der Waals surface area contributed by atoms with Gasteiger partial charge >= 0.3 is 0 Å². The highest BCUT2D eigenvalue weighted by Crippen LogP contribution is 2.43. The Balaban J connectivity index is 1.08. The fraction of sp³-hybridized carbons (Fsp3) is 0. The number of anilines is 3. The third-order valence-electron chi connectivity index (χ3n) is 11.1. The molecule has 0 bridgehead atoms. The Morgan fingerprint density at radius 3 is 1.32 bits per heavy atom. The molecular formula is C56H39N. The first kappa shape index (κ1) is 34.0. The van der Waals surface area contributed by atoms with Crippen molar-refractivity contribution in [3.8, 4) is 55.6 Å². The predicted octanol–water partition coefficient (Wildman–Crippen LogP) is 15.8. The van der Waals surface area contributed by atoms with E-state index in [9.17, 15) is 0 Å². The molecule has 0 aliphatic rings. The molecule has 1 heteroatoms. The van der Waals surface area contributed by atoms with Crippen molar-refractivity contribution >= 4 is 38.6 Å². The van der Waals surface area contributed by atoms with Gasteiger partial charge in [-0.25, -0.2) is 0 Å². The topological polar surface area (TPSA) is 3.24 Å². The van der Waals surface area contributed by atoms with Crippen molar-refractivity contribution in [2.45, 2.75) is 0 Å². The molecular weight excluding hydrogens is 687 g/mol. The normalized spacial score (nSPS) is 11.2. The molecule has 0 amide bonds. The highest BCUT2D eigenvalue weighted by Gasteiger charge is 2.18. The van der Waals surface area contributed by atoms with Crippen LogP contribution in [0.4, 0.5) is 17.1 Å². The number of fused-ring (bicyclic) bond motifs is 2. The third kappa shape index (κ3) is 6.56. The number of nitrogens with zero attached hydrogens (tertiary/aromatic N) is 1. The molecule has 0 aliphatic heterocycles. The van der Waals surface area contributed by atoms with Crippen LogP contribution in [-0.4, -0.2) is 0 Å². The van der Waals surface area contributed by atoms with Crippen LogP contribution in [0.5, 0.6) is 0 Å². The summed E-state index contributed by atoms with van der Waals surface area (Å²) >= 11 is 0. The van der Waals surface area contributed by atoms with E-state index < -0.39 is 0 Å². The quantitative estimate of drug-likeness (QED) is 0.151. The maximum Gasteiger partial charge on any atom is 0.0540 e. The largest absolute Gasteiger partial charge is 0.310 e. The molecule has 10 aromatic rings. The lowest BCUT2D eigenvalue weighted by Crippen LogP contribution is -2.11. The molecule has 0 fully saturated rings. The third-order valence-corrected chi connectivity index (χ3v) is 11.1. The second-order valence-electron chi connectivity index (χ2n) is 14.5. The summed E-state index contributed by atoms with van der Waals surface area (Å²) in [5.74, 6) is 0. The Morgan fingerprint density at radius 2 is 0.667 bits per heavy atom. The molecule has 10 aromatic carbocycles. The minimum atomic E-state index is 1.09. The van der Waals surface area contributed by atoms with Crippen LogP contribution in [0.3, 0.4) is 0 Å². The van der Waals surface area contributed by atoms with Gasteiger partial charge in [-0.3, -0.25) is 0 Å². The summed E-state index contributed by atoms with van der Waals surface area (Å²) in [5, 5.41) is 5.00. The molecule has 0 heterocycles. The summed E-state index contributed by atoms with van der Waals surface area (Å²) in [7, 11) is 0. The second kappa shape index (κ2) is 15.0. The molecule has 0 unspecified atom stereocenters. The molecule has 0 N–H and O–H groups in total. The first-order valence-corrected chi connectivity index (χ1v) is 19.6. The maximum atomic E-state index is 2.39. The van der Waals surface area contributed by atoms with Crippen molar-refractivity contribution < 1.29 is 0 Å². The van der Waals surface area contributed by atoms with Gasteiger partial charge < -0.3 is 4.90 Å². The number of hydrogen-bond acceptors (Lipinski definition) is 1. The van der Waals surface area contributed by atoms with Gasteiger partial charge in [0.1, 0.15) is 0 Å². The van der Waals surface area contributed by atoms with Gasteiger partial charge in [0, 0.05) is 16.9 Å². The van der Waals surface area contributed by atoms with E-state index in [2.05, 4.69) is 241 Å². The Hall–Kier alpha value is -7.48. The molecule has 57 heavy (non-hydrogen) atoms. The van der Waals surface area contributed by atoms with E-state index in [1.165, 1.54) is 77.2 Å². The minimum absolute atomic E-state index is 1.09. The van der Waals surface area contributed by atoms with Gasteiger partial charge in [-0.15, -0.1) is 0 Å². The van der Waals surface area contributed by atoms with Crippen molar-refractivity contribution in [2.75, 3.05) is 4.90 Å². The highest BCUT2D eigenvalue weighted by atomic mass is 15.1. The van der Waals surface area contributed by atoms with Crippen molar-refractivity contribution in [2.24, 2.45) is 0 Å². The molecule has 0 aliphatic carbocycles. The van der Waals surface area contributed by atoms with Gasteiger partial charge in [0.15, 0.2) is 0 Å². The van der Waals surface area contributed by atoms with E-state index in [1.54, 1.807) is 0 Å². The van der Waals surface area contributed by atoms with Gasteiger partial charge in [-0.1, -0.05) is 200 Å². The lowest BCUT2D eigenvalue weighted by molar-refractivity contribution is 1.28. The summed E-state index contributed by atoms with van der Waals surface area (Å²) in [4.78, 5) is 2.39. The SMILES string of the molecule is c1ccc(-c2ccc(-c3ccc(N(c4ccc(-c5cccc6ccccc56)cc4)c4ccccc4-c4ccccc4)cc3)cc2-c2cccc3ccccc23)cc1. The molecule has 0 atom stereocenters. The number of benzene rings is 10. The molecule has 0 spiro atoms. The van der Waals surface area contributed by atoms with Crippen LogP contribution in [0.15, 0.2) is 237 Å². The zero-order chi connectivity index (χ0) is 38.0. The molecule has 0 radical (unpaired) electrons. The van der Waals surface area contributed by atoms with Gasteiger partial charge in [0.05, 0.1) is 5.69 Å². The van der Waals surface area contributed by atoms with Crippen molar-refractivity contribution in [3.05, 3.63) is 237 Å².